The Labute approximate surface area is 121 Å². The summed E-state index contributed by atoms with van der Waals surface area (Å²) in [5.41, 5.74) is 0.699. The summed E-state index contributed by atoms with van der Waals surface area (Å²) >= 11 is 5.98. The fourth-order valence-corrected chi connectivity index (χ4v) is 2.38. The Kier molecular flexibility index (Phi) is 7.40. The molecule has 0 aliphatic rings. The number of rotatable bonds is 8. The Morgan fingerprint density at radius 3 is 2.63 bits per heavy atom. The Morgan fingerprint density at radius 1 is 1.26 bits per heavy atom. The largest absolute Gasteiger partial charge is 0.310 e. The average molecular weight is 286 g/mol. The van der Waals surface area contributed by atoms with Gasteiger partial charge in [-0.2, -0.15) is 0 Å². The molecular weight excluding hydrogens is 261 g/mol. The Hall–Kier alpha value is -0.600. The minimum Gasteiger partial charge on any atom is -0.310 e. The SMILES string of the molecule is CCCNC(CCCC(C)C)c1cc(Cl)ccc1F. The van der Waals surface area contributed by atoms with Gasteiger partial charge in [-0.25, -0.2) is 4.39 Å². The fraction of sp³-hybridized carbons (Fsp3) is 0.625. The molecule has 1 rings (SSSR count). The zero-order chi connectivity index (χ0) is 14.3. The summed E-state index contributed by atoms with van der Waals surface area (Å²) in [6.45, 7) is 7.45. The summed E-state index contributed by atoms with van der Waals surface area (Å²) in [5, 5.41) is 4.03. The van der Waals surface area contributed by atoms with Gasteiger partial charge in [-0.15, -0.1) is 0 Å². The van der Waals surface area contributed by atoms with Crippen LogP contribution in [0.4, 0.5) is 4.39 Å². The van der Waals surface area contributed by atoms with Crippen LogP contribution in [0.1, 0.15) is 58.1 Å². The van der Waals surface area contributed by atoms with Crippen molar-refractivity contribution in [3.05, 3.63) is 34.6 Å². The van der Waals surface area contributed by atoms with Crippen molar-refractivity contribution in [3.8, 4) is 0 Å². The third-order valence-corrected chi connectivity index (χ3v) is 3.48. The van der Waals surface area contributed by atoms with Gasteiger partial charge >= 0.3 is 0 Å². The van der Waals surface area contributed by atoms with E-state index in [0.717, 1.165) is 25.8 Å². The Balaban J connectivity index is 2.73. The van der Waals surface area contributed by atoms with Crippen molar-refractivity contribution in [3.63, 3.8) is 0 Å². The molecule has 0 aliphatic heterocycles. The molecule has 0 heterocycles. The molecule has 0 radical (unpaired) electrons. The van der Waals surface area contributed by atoms with Crippen LogP contribution in [-0.2, 0) is 0 Å². The van der Waals surface area contributed by atoms with Gasteiger partial charge in [0, 0.05) is 16.6 Å². The number of hydrogen-bond donors (Lipinski definition) is 1. The van der Waals surface area contributed by atoms with Crippen LogP contribution in [0.15, 0.2) is 18.2 Å². The third kappa shape index (κ3) is 5.92. The second kappa shape index (κ2) is 8.55. The molecule has 0 fully saturated rings. The molecule has 1 unspecified atom stereocenters. The predicted molar refractivity (Wildman–Crippen MR) is 81.1 cm³/mol. The first-order chi connectivity index (χ1) is 9.04. The molecule has 19 heavy (non-hydrogen) atoms. The lowest BCUT2D eigenvalue weighted by atomic mass is 9.97. The van der Waals surface area contributed by atoms with E-state index in [1.807, 2.05) is 0 Å². The van der Waals surface area contributed by atoms with E-state index in [-0.39, 0.29) is 11.9 Å². The molecule has 0 bridgehead atoms. The quantitative estimate of drug-likeness (QED) is 0.679. The fourth-order valence-electron chi connectivity index (χ4n) is 2.20. The van der Waals surface area contributed by atoms with Crippen LogP contribution < -0.4 is 5.32 Å². The molecule has 108 valence electrons. The standard InChI is InChI=1S/C16H25ClFN/c1-4-10-19-16(7-5-6-12(2)3)14-11-13(17)8-9-15(14)18/h8-9,11-12,16,19H,4-7,10H2,1-3H3. The highest BCUT2D eigenvalue weighted by molar-refractivity contribution is 6.30. The van der Waals surface area contributed by atoms with Gasteiger partial charge in [0.2, 0.25) is 0 Å². The Morgan fingerprint density at radius 2 is 2.00 bits per heavy atom. The molecule has 3 heteroatoms. The van der Waals surface area contributed by atoms with Crippen molar-refractivity contribution in [2.45, 2.75) is 52.5 Å². The molecule has 0 amide bonds. The lowest BCUT2D eigenvalue weighted by Crippen LogP contribution is -2.23. The highest BCUT2D eigenvalue weighted by atomic mass is 35.5. The molecule has 0 spiro atoms. The maximum atomic E-state index is 13.9. The van der Waals surface area contributed by atoms with Crippen molar-refractivity contribution in [2.75, 3.05) is 6.54 Å². The first-order valence-electron chi connectivity index (χ1n) is 7.23. The summed E-state index contributed by atoms with van der Waals surface area (Å²) in [6.07, 6.45) is 4.27. The highest BCUT2D eigenvalue weighted by Crippen LogP contribution is 2.26. The Bertz CT molecular complexity index is 379. The van der Waals surface area contributed by atoms with Gasteiger partial charge in [0.05, 0.1) is 0 Å². The van der Waals surface area contributed by atoms with Crippen LogP contribution in [0.5, 0.6) is 0 Å². The maximum absolute atomic E-state index is 13.9. The highest BCUT2D eigenvalue weighted by Gasteiger charge is 2.15. The average Bonchev–Trinajstić information content (AvgIpc) is 2.36. The van der Waals surface area contributed by atoms with Gasteiger partial charge in [0.25, 0.3) is 0 Å². The van der Waals surface area contributed by atoms with E-state index in [2.05, 4.69) is 26.1 Å². The van der Waals surface area contributed by atoms with Gasteiger partial charge in [0.1, 0.15) is 5.82 Å². The van der Waals surface area contributed by atoms with Crippen LogP contribution in [-0.4, -0.2) is 6.54 Å². The summed E-state index contributed by atoms with van der Waals surface area (Å²) in [6, 6.07) is 4.88. The van der Waals surface area contributed by atoms with Gasteiger partial charge in [-0.3, -0.25) is 0 Å². The first kappa shape index (κ1) is 16.5. The maximum Gasteiger partial charge on any atom is 0.128 e. The monoisotopic (exact) mass is 285 g/mol. The van der Waals surface area contributed by atoms with Crippen molar-refractivity contribution in [1.29, 1.82) is 0 Å². The predicted octanol–water partition coefficient (Wildman–Crippen LogP) is 5.35. The number of halogens is 2. The normalized spacial score (nSPS) is 12.9. The van der Waals surface area contributed by atoms with Crippen LogP contribution in [0, 0.1) is 11.7 Å². The molecule has 1 aromatic carbocycles. The molecule has 0 aromatic heterocycles. The van der Waals surface area contributed by atoms with E-state index < -0.39 is 0 Å². The van der Waals surface area contributed by atoms with Crippen LogP contribution in [0.25, 0.3) is 0 Å². The molecule has 0 saturated carbocycles. The number of hydrogen-bond acceptors (Lipinski definition) is 1. The zero-order valence-electron chi connectivity index (χ0n) is 12.2. The molecule has 0 aliphatic carbocycles. The second-order valence-corrected chi connectivity index (χ2v) is 5.93. The summed E-state index contributed by atoms with van der Waals surface area (Å²) in [5.74, 6) is 0.526. The number of nitrogens with one attached hydrogen (secondary N) is 1. The number of benzene rings is 1. The summed E-state index contributed by atoms with van der Waals surface area (Å²) in [7, 11) is 0. The lowest BCUT2D eigenvalue weighted by Gasteiger charge is -2.20. The molecule has 1 atom stereocenters. The minimum absolute atomic E-state index is 0.0670. The van der Waals surface area contributed by atoms with Crippen LogP contribution in [0.3, 0.4) is 0 Å². The summed E-state index contributed by atoms with van der Waals surface area (Å²) in [4.78, 5) is 0. The van der Waals surface area contributed by atoms with E-state index in [1.54, 1.807) is 12.1 Å². The van der Waals surface area contributed by atoms with Crippen molar-refractivity contribution >= 4 is 11.6 Å². The van der Waals surface area contributed by atoms with Gasteiger partial charge in [0.15, 0.2) is 0 Å². The first-order valence-corrected chi connectivity index (χ1v) is 7.60. The molecule has 1 nitrogen and oxygen atoms in total. The van der Waals surface area contributed by atoms with Gasteiger partial charge in [-0.05, 0) is 43.5 Å². The van der Waals surface area contributed by atoms with Crippen LogP contribution >= 0.6 is 11.6 Å². The van der Waals surface area contributed by atoms with E-state index in [0.29, 0.717) is 16.5 Å². The van der Waals surface area contributed by atoms with E-state index >= 15 is 0 Å². The third-order valence-electron chi connectivity index (χ3n) is 3.25. The van der Waals surface area contributed by atoms with E-state index in [4.69, 9.17) is 11.6 Å². The lowest BCUT2D eigenvalue weighted by molar-refractivity contribution is 0.434. The van der Waals surface area contributed by atoms with Gasteiger partial charge < -0.3 is 5.32 Å². The molecule has 0 saturated heterocycles. The van der Waals surface area contributed by atoms with E-state index in [1.165, 1.54) is 12.5 Å². The zero-order valence-corrected chi connectivity index (χ0v) is 12.9. The molecule has 1 N–H and O–H groups in total. The molecule has 1 aromatic rings. The van der Waals surface area contributed by atoms with Crippen molar-refractivity contribution in [1.82, 2.24) is 5.32 Å². The summed E-state index contributed by atoms with van der Waals surface area (Å²) < 4.78 is 13.9. The van der Waals surface area contributed by atoms with E-state index in [9.17, 15) is 4.39 Å². The van der Waals surface area contributed by atoms with Crippen LogP contribution in [0.2, 0.25) is 5.02 Å². The topological polar surface area (TPSA) is 12.0 Å². The van der Waals surface area contributed by atoms with Crippen molar-refractivity contribution in [2.24, 2.45) is 5.92 Å². The molecular formula is C16H25ClFN. The van der Waals surface area contributed by atoms with Crippen molar-refractivity contribution < 1.29 is 4.39 Å². The smallest absolute Gasteiger partial charge is 0.128 e. The van der Waals surface area contributed by atoms with Gasteiger partial charge in [-0.1, -0.05) is 45.2 Å². The minimum atomic E-state index is -0.164. The second-order valence-electron chi connectivity index (χ2n) is 5.50.